The molecule has 0 aromatic carbocycles. The molecule has 2 amide bonds. The van der Waals surface area contributed by atoms with Crippen LogP contribution in [0.5, 0.6) is 0 Å². The highest BCUT2D eigenvalue weighted by Gasteiger charge is 2.50. The van der Waals surface area contributed by atoms with Crippen molar-refractivity contribution in [2.24, 2.45) is 5.41 Å². The maximum absolute atomic E-state index is 11.4. The SMILES string of the molecule is CC1CC2(CS1)CC(=O)NC2=O. The van der Waals surface area contributed by atoms with Crippen molar-refractivity contribution in [1.29, 1.82) is 0 Å². The molecule has 0 aliphatic carbocycles. The summed E-state index contributed by atoms with van der Waals surface area (Å²) in [6.45, 7) is 2.11. The molecule has 1 spiro atoms. The Labute approximate surface area is 75.3 Å². The number of thioether (sulfide) groups is 1. The third-order valence-electron chi connectivity index (χ3n) is 2.56. The van der Waals surface area contributed by atoms with Crippen LogP contribution in [0.2, 0.25) is 0 Å². The molecular formula is C8H11NO2S. The molecule has 3 nitrogen and oxygen atoms in total. The van der Waals surface area contributed by atoms with E-state index in [4.69, 9.17) is 0 Å². The summed E-state index contributed by atoms with van der Waals surface area (Å²) < 4.78 is 0. The van der Waals surface area contributed by atoms with E-state index in [0.29, 0.717) is 11.7 Å². The lowest BCUT2D eigenvalue weighted by Crippen LogP contribution is -2.31. The van der Waals surface area contributed by atoms with E-state index in [0.717, 1.165) is 12.2 Å². The Morgan fingerprint density at radius 2 is 2.33 bits per heavy atom. The minimum atomic E-state index is -0.346. The molecule has 2 fully saturated rings. The first kappa shape index (κ1) is 8.10. The van der Waals surface area contributed by atoms with Crippen LogP contribution in [0.25, 0.3) is 0 Å². The summed E-state index contributed by atoms with van der Waals surface area (Å²) in [6, 6.07) is 0. The Hall–Kier alpha value is -0.510. The maximum Gasteiger partial charge on any atom is 0.234 e. The van der Waals surface area contributed by atoms with Crippen LogP contribution in [0.15, 0.2) is 0 Å². The van der Waals surface area contributed by atoms with Gasteiger partial charge in [0.25, 0.3) is 0 Å². The summed E-state index contributed by atoms with van der Waals surface area (Å²) >= 11 is 1.79. The standard InChI is InChI=1S/C8H11NO2S/c1-5-2-8(4-12-5)3-6(10)9-7(8)11/h5H,2-4H2,1H3,(H,9,10,11). The van der Waals surface area contributed by atoms with Gasteiger partial charge in [0.1, 0.15) is 0 Å². The number of carbonyl (C=O) groups is 2. The Morgan fingerprint density at radius 3 is 2.75 bits per heavy atom. The number of hydrogen-bond acceptors (Lipinski definition) is 3. The average Bonchev–Trinajstić information content (AvgIpc) is 2.43. The Morgan fingerprint density at radius 1 is 1.58 bits per heavy atom. The second-order valence-corrected chi connectivity index (χ2v) is 5.09. The van der Waals surface area contributed by atoms with E-state index < -0.39 is 0 Å². The van der Waals surface area contributed by atoms with Gasteiger partial charge in [-0.15, -0.1) is 0 Å². The molecule has 0 aromatic rings. The summed E-state index contributed by atoms with van der Waals surface area (Å²) in [6.07, 6.45) is 1.26. The quantitative estimate of drug-likeness (QED) is 0.560. The number of nitrogens with one attached hydrogen (secondary N) is 1. The maximum atomic E-state index is 11.4. The molecule has 2 unspecified atom stereocenters. The minimum absolute atomic E-state index is 0.0515. The monoisotopic (exact) mass is 185 g/mol. The third kappa shape index (κ3) is 1.05. The van der Waals surface area contributed by atoms with Gasteiger partial charge in [-0.2, -0.15) is 11.8 Å². The number of hydrogen-bond donors (Lipinski definition) is 1. The normalized spacial score (nSPS) is 40.9. The molecule has 0 aromatic heterocycles. The largest absolute Gasteiger partial charge is 0.296 e. The van der Waals surface area contributed by atoms with Crippen LogP contribution >= 0.6 is 11.8 Å². The van der Waals surface area contributed by atoms with Gasteiger partial charge >= 0.3 is 0 Å². The highest BCUT2D eigenvalue weighted by Crippen LogP contribution is 2.45. The summed E-state index contributed by atoms with van der Waals surface area (Å²) in [4.78, 5) is 22.4. The average molecular weight is 185 g/mol. The van der Waals surface area contributed by atoms with Crippen molar-refractivity contribution >= 4 is 23.6 Å². The van der Waals surface area contributed by atoms with Crippen LogP contribution in [0.3, 0.4) is 0 Å². The number of amides is 2. The molecule has 66 valence electrons. The number of rotatable bonds is 0. The predicted molar refractivity (Wildman–Crippen MR) is 46.7 cm³/mol. The van der Waals surface area contributed by atoms with Crippen molar-refractivity contribution in [2.45, 2.75) is 25.0 Å². The van der Waals surface area contributed by atoms with Gasteiger partial charge in [-0.1, -0.05) is 6.92 Å². The van der Waals surface area contributed by atoms with E-state index in [1.54, 1.807) is 11.8 Å². The zero-order chi connectivity index (χ0) is 8.77. The molecule has 2 atom stereocenters. The highest BCUT2D eigenvalue weighted by molar-refractivity contribution is 8.00. The van der Waals surface area contributed by atoms with Crippen LogP contribution in [0, 0.1) is 5.41 Å². The van der Waals surface area contributed by atoms with E-state index in [2.05, 4.69) is 12.2 Å². The topological polar surface area (TPSA) is 46.2 Å². The van der Waals surface area contributed by atoms with Gasteiger partial charge in [0.05, 0.1) is 5.41 Å². The molecule has 1 N–H and O–H groups in total. The van der Waals surface area contributed by atoms with E-state index in [-0.39, 0.29) is 17.2 Å². The van der Waals surface area contributed by atoms with Crippen molar-refractivity contribution < 1.29 is 9.59 Å². The second kappa shape index (κ2) is 2.49. The van der Waals surface area contributed by atoms with Gasteiger partial charge in [-0.25, -0.2) is 0 Å². The summed E-state index contributed by atoms with van der Waals surface area (Å²) in [5.41, 5.74) is -0.346. The van der Waals surface area contributed by atoms with Gasteiger partial charge in [0.15, 0.2) is 0 Å². The van der Waals surface area contributed by atoms with Crippen LogP contribution in [0.4, 0.5) is 0 Å². The summed E-state index contributed by atoms with van der Waals surface area (Å²) in [5.74, 6) is 0.658. The molecule has 4 heteroatoms. The molecule has 12 heavy (non-hydrogen) atoms. The van der Waals surface area contributed by atoms with E-state index >= 15 is 0 Å². The van der Waals surface area contributed by atoms with Gasteiger partial charge in [-0.05, 0) is 6.42 Å². The third-order valence-corrected chi connectivity index (χ3v) is 4.01. The Bertz CT molecular complexity index is 253. The lowest BCUT2D eigenvalue weighted by Gasteiger charge is -2.15. The van der Waals surface area contributed by atoms with E-state index in [1.807, 2.05) is 0 Å². The van der Waals surface area contributed by atoms with Gasteiger partial charge in [-0.3, -0.25) is 14.9 Å². The smallest absolute Gasteiger partial charge is 0.234 e. The lowest BCUT2D eigenvalue weighted by molar-refractivity contribution is -0.127. The van der Waals surface area contributed by atoms with Crippen LogP contribution in [-0.4, -0.2) is 22.8 Å². The van der Waals surface area contributed by atoms with Crippen molar-refractivity contribution in [3.63, 3.8) is 0 Å². The Balaban J connectivity index is 2.22. The van der Waals surface area contributed by atoms with Crippen molar-refractivity contribution in [2.75, 3.05) is 5.75 Å². The fourth-order valence-corrected chi connectivity index (χ4v) is 3.33. The molecule has 0 saturated carbocycles. The van der Waals surface area contributed by atoms with Crippen LogP contribution < -0.4 is 5.32 Å². The molecule has 2 saturated heterocycles. The van der Waals surface area contributed by atoms with Gasteiger partial charge < -0.3 is 0 Å². The van der Waals surface area contributed by atoms with Gasteiger partial charge in [0.2, 0.25) is 11.8 Å². The fourth-order valence-electron chi connectivity index (χ4n) is 1.94. The first-order valence-corrected chi connectivity index (χ1v) is 5.13. The summed E-state index contributed by atoms with van der Waals surface area (Å²) in [7, 11) is 0. The zero-order valence-electron chi connectivity index (χ0n) is 6.92. The fraction of sp³-hybridized carbons (Fsp3) is 0.750. The van der Waals surface area contributed by atoms with Crippen LogP contribution in [-0.2, 0) is 9.59 Å². The molecule has 2 aliphatic heterocycles. The number of carbonyl (C=O) groups excluding carboxylic acids is 2. The van der Waals surface area contributed by atoms with Crippen molar-refractivity contribution in [1.82, 2.24) is 5.32 Å². The first-order valence-electron chi connectivity index (χ1n) is 4.08. The highest BCUT2D eigenvalue weighted by atomic mass is 32.2. The predicted octanol–water partition coefficient (Wildman–Crippen LogP) is 0.545. The lowest BCUT2D eigenvalue weighted by atomic mass is 9.84. The van der Waals surface area contributed by atoms with Crippen molar-refractivity contribution in [3.05, 3.63) is 0 Å². The van der Waals surface area contributed by atoms with Crippen molar-refractivity contribution in [3.8, 4) is 0 Å². The van der Waals surface area contributed by atoms with E-state index in [1.165, 1.54) is 0 Å². The molecule has 2 aliphatic rings. The molecule has 0 bridgehead atoms. The molecule has 2 heterocycles. The molecule has 2 rings (SSSR count). The molecular weight excluding hydrogens is 174 g/mol. The summed E-state index contributed by atoms with van der Waals surface area (Å²) in [5, 5.41) is 2.89. The molecule has 0 radical (unpaired) electrons. The Kier molecular flexibility index (Phi) is 1.68. The second-order valence-electron chi connectivity index (χ2n) is 3.66. The van der Waals surface area contributed by atoms with Crippen LogP contribution in [0.1, 0.15) is 19.8 Å². The number of imide groups is 1. The van der Waals surface area contributed by atoms with E-state index in [9.17, 15) is 9.59 Å². The minimum Gasteiger partial charge on any atom is -0.296 e. The van der Waals surface area contributed by atoms with Gasteiger partial charge in [0, 0.05) is 17.4 Å². The first-order chi connectivity index (χ1) is 5.62. The zero-order valence-corrected chi connectivity index (χ0v) is 7.74.